The summed E-state index contributed by atoms with van der Waals surface area (Å²) in [6.45, 7) is 0.809. The summed E-state index contributed by atoms with van der Waals surface area (Å²) in [7, 11) is 1.57. The highest BCUT2D eigenvalue weighted by atomic mass is 19.2. The summed E-state index contributed by atoms with van der Waals surface area (Å²) in [5.74, 6) is 1.70. The molecular formula is C30H30F4N2O3. The van der Waals surface area contributed by atoms with Crippen molar-refractivity contribution in [1.82, 2.24) is 9.88 Å². The molecule has 4 rings (SSSR count). The first-order valence-electron chi connectivity index (χ1n) is 12.8. The van der Waals surface area contributed by atoms with Gasteiger partial charge in [0, 0.05) is 23.2 Å². The molecule has 1 aromatic heterocycles. The smallest absolute Gasteiger partial charge is 0.303 e. The van der Waals surface area contributed by atoms with Crippen LogP contribution in [0.3, 0.4) is 0 Å². The number of pyridine rings is 1. The van der Waals surface area contributed by atoms with Gasteiger partial charge in [0.05, 0.1) is 31.2 Å². The highest BCUT2D eigenvalue weighted by Crippen LogP contribution is 2.40. The fraction of sp³-hybridized carbons (Fsp3) is 0.400. The molecule has 39 heavy (non-hydrogen) atoms. The van der Waals surface area contributed by atoms with E-state index >= 15 is 0 Å². The van der Waals surface area contributed by atoms with Crippen molar-refractivity contribution >= 4 is 16.9 Å². The number of methoxy groups -OCH3 is 1. The highest BCUT2D eigenvalue weighted by Gasteiger charge is 2.36. The van der Waals surface area contributed by atoms with Gasteiger partial charge in [0.25, 0.3) is 0 Å². The number of rotatable bonds is 9. The van der Waals surface area contributed by atoms with E-state index in [1.807, 2.05) is 17.0 Å². The number of hydrogen-bond donors (Lipinski definition) is 1. The molecule has 0 atom stereocenters. The zero-order chi connectivity index (χ0) is 28.0. The third-order valence-corrected chi connectivity index (χ3v) is 7.52. The molecule has 5 nitrogen and oxygen atoms in total. The number of carboxylic acid groups (broad SMARTS) is 1. The van der Waals surface area contributed by atoms with E-state index in [0.717, 1.165) is 22.5 Å². The van der Waals surface area contributed by atoms with Crippen molar-refractivity contribution in [3.8, 4) is 17.6 Å². The minimum Gasteiger partial charge on any atom is -0.497 e. The number of halogens is 4. The monoisotopic (exact) mass is 542 g/mol. The predicted octanol–water partition coefficient (Wildman–Crippen LogP) is 6.06. The third kappa shape index (κ3) is 6.87. The van der Waals surface area contributed by atoms with Crippen molar-refractivity contribution in [3.05, 3.63) is 70.7 Å². The lowest BCUT2D eigenvalue weighted by atomic mass is 9.72. The summed E-state index contributed by atoms with van der Waals surface area (Å²) in [4.78, 5) is 18.1. The summed E-state index contributed by atoms with van der Waals surface area (Å²) < 4.78 is 59.8. The van der Waals surface area contributed by atoms with Crippen LogP contribution >= 0.6 is 0 Å². The SMILES string of the molecule is COc1ccc2ncc(CF)c(CCCC3(CC(=O)O)CCN(CC#Cc4cc(F)cc(F)c4F)CC3)c2c1. The van der Waals surface area contributed by atoms with Gasteiger partial charge < -0.3 is 9.84 Å². The van der Waals surface area contributed by atoms with Gasteiger partial charge in [-0.25, -0.2) is 17.6 Å². The largest absolute Gasteiger partial charge is 0.497 e. The normalized spacial score (nSPS) is 15.1. The molecule has 3 aromatic rings. The van der Waals surface area contributed by atoms with Gasteiger partial charge in [-0.15, -0.1) is 0 Å². The van der Waals surface area contributed by atoms with Crippen molar-refractivity contribution in [1.29, 1.82) is 0 Å². The Balaban J connectivity index is 1.42. The number of carboxylic acids is 1. The standard InChI is InChI=1S/C30H30F4N2O3/c1-39-23-6-7-27-25(16-23)24(21(18-31)19-35-27)5-2-8-30(17-28(37)38)9-12-36(13-10-30)11-3-4-20-14-22(32)15-26(33)29(20)34/h6-7,14-16,19H,2,5,8-13,17-18H2,1H3,(H,37,38). The molecule has 1 N–H and O–H groups in total. The molecule has 1 aliphatic rings. The highest BCUT2D eigenvalue weighted by molar-refractivity contribution is 5.84. The van der Waals surface area contributed by atoms with Crippen LogP contribution < -0.4 is 4.74 Å². The summed E-state index contributed by atoms with van der Waals surface area (Å²) in [6, 6.07) is 6.83. The molecule has 0 saturated carbocycles. The summed E-state index contributed by atoms with van der Waals surface area (Å²) >= 11 is 0. The van der Waals surface area contributed by atoms with Crippen LogP contribution in [0.25, 0.3) is 10.9 Å². The number of nitrogens with zero attached hydrogens (tertiary/aromatic N) is 2. The molecule has 0 aliphatic carbocycles. The number of fused-ring (bicyclic) bond motifs is 1. The summed E-state index contributed by atoms with van der Waals surface area (Å²) in [6.07, 6.45) is 4.77. The molecule has 0 amide bonds. The van der Waals surface area contributed by atoms with E-state index in [0.29, 0.717) is 62.6 Å². The third-order valence-electron chi connectivity index (χ3n) is 7.52. The minimum absolute atomic E-state index is 0.0290. The minimum atomic E-state index is -1.28. The lowest BCUT2D eigenvalue weighted by Crippen LogP contribution is -2.41. The van der Waals surface area contributed by atoms with E-state index in [9.17, 15) is 27.5 Å². The average molecular weight is 543 g/mol. The Labute approximate surface area is 224 Å². The van der Waals surface area contributed by atoms with Gasteiger partial charge in [-0.1, -0.05) is 11.8 Å². The number of alkyl halides is 1. The first-order chi connectivity index (χ1) is 18.7. The maximum Gasteiger partial charge on any atom is 0.303 e. The Morgan fingerprint density at radius 2 is 1.95 bits per heavy atom. The maximum atomic E-state index is 13.8. The van der Waals surface area contributed by atoms with Crippen LogP contribution in [0.2, 0.25) is 0 Å². The van der Waals surface area contributed by atoms with E-state index in [1.165, 1.54) is 0 Å². The Hall–Kier alpha value is -3.64. The number of hydrogen-bond acceptors (Lipinski definition) is 4. The number of aliphatic carboxylic acids is 1. The van der Waals surface area contributed by atoms with Crippen LogP contribution in [0.5, 0.6) is 5.75 Å². The first kappa shape index (κ1) is 28.4. The van der Waals surface area contributed by atoms with Gasteiger partial charge >= 0.3 is 5.97 Å². The zero-order valence-corrected chi connectivity index (χ0v) is 21.7. The summed E-state index contributed by atoms with van der Waals surface area (Å²) in [5, 5.41) is 10.5. The van der Waals surface area contributed by atoms with Crippen LogP contribution in [0, 0.1) is 34.7 Å². The molecule has 0 spiro atoms. The molecule has 1 fully saturated rings. The Morgan fingerprint density at radius 1 is 1.18 bits per heavy atom. The fourth-order valence-corrected chi connectivity index (χ4v) is 5.36. The van der Waals surface area contributed by atoms with E-state index < -0.39 is 35.5 Å². The second-order valence-electron chi connectivity index (χ2n) is 10.0. The molecule has 206 valence electrons. The average Bonchev–Trinajstić information content (AvgIpc) is 2.91. The number of piperidine rings is 1. The predicted molar refractivity (Wildman–Crippen MR) is 140 cm³/mol. The number of aryl methyl sites for hydroxylation is 1. The molecule has 1 aliphatic heterocycles. The Morgan fingerprint density at radius 3 is 2.64 bits per heavy atom. The quantitative estimate of drug-likeness (QED) is 0.202. The lowest BCUT2D eigenvalue weighted by molar-refractivity contribution is -0.140. The Kier molecular flexibility index (Phi) is 9.08. The molecule has 2 aromatic carbocycles. The number of benzene rings is 2. The van der Waals surface area contributed by atoms with Crippen molar-refractivity contribution in [2.45, 2.75) is 45.2 Å². The van der Waals surface area contributed by atoms with Crippen LogP contribution in [-0.2, 0) is 17.9 Å². The van der Waals surface area contributed by atoms with Crippen LogP contribution in [-0.4, -0.2) is 47.7 Å². The van der Waals surface area contributed by atoms with Crippen LogP contribution in [0.4, 0.5) is 17.6 Å². The topological polar surface area (TPSA) is 62.7 Å². The lowest BCUT2D eigenvalue weighted by Gasteiger charge is -2.41. The fourth-order valence-electron chi connectivity index (χ4n) is 5.36. The molecular weight excluding hydrogens is 512 g/mol. The second kappa shape index (κ2) is 12.5. The number of aromatic nitrogens is 1. The van der Waals surface area contributed by atoms with E-state index in [2.05, 4.69) is 16.8 Å². The maximum absolute atomic E-state index is 13.8. The molecule has 0 unspecified atom stereocenters. The molecule has 0 bridgehead atoms. The molecule has 2 heterocycles. The summed E-state index contributed by atoms with van der Waals surface area (Å²) in [5.41, 5.74) is 1.38. The number of ether oxygens (including phenoxy) is 1. The van der Waals surface area contributed by atoms with Gasteiger partial charge in [-0.05, 0) is 80.4 Å². The van der Waals surface area contributed by atoms with Gasteiger partial charge in [-0.2, -0.15) is 0 Å². The van der Waals surface area contributed by atoms with Gasteiger partial charge in [-0.3, -0.25) is 14.7 Å². The van der Waals surface area contributed by atoms with Crippen molar-refractivity contribution < 1.29 is 32.2 Å². The Bertz CT molecular complexity index is 1400. The van der Waals surface area contributed by atoms with Gasteiger partial charge in [0.1, 0.15) is 18.2 Å². The molecule has 9 heteroatoms. The van der Waals surface area contributed by atoms with Crippen LogP contribution in [0.1, 0.15) is 48.8 Å². The van der Waals surface area contributed by atoms with Crippen molar-refractivity contribution in [2.75, 3.05) is 26.7 Å². The van der Waals surface area contributed by atoms with Gasteiger partial charge in [0.2, 0.25) is 0 Å². The van der Waals surface area contributed by atoms with E-state index in [4.69, 9.17) is 4.74 Å². The first-order valence-corrected chi connectivity index (χ1v) is 12.8. The second-order valence-corrected chi connectivity index (χ2v) is 10.0. The number of likely N-dealkylation sites (tertiary alicyclic amines) is 1. The molecule has 1 saturated heterocycles. The van der Waals surface area contributed by atoms with Crippen molar-refractivity contribution in [3.63, 3.8) is 0 Å². The molecule has 0 radical (unpaired) electrons. The van der Waals surface area contributed by atoms with Crippen molar-refractivity contribution in [2.24, 2.45) is 5.41 Å². The van der Waals surface area contributed by atoms with Crippen LogP contribution in [0.15, 0.2) is 36.5 Å². The zero-order valence-electron chi connectivity index (χ0n) is 21.7. The van der Waals surface area contributed by atoms with Gasteiger partial charge in [0.15, 0.2) is 11.6 Å². The van der Waals surface area contributed by atoms with E-state index in [1.54, 1.807) is 19.4 Å². The van der Waals surface area contributed by atoms with E-state index in [-0.39, 0.29) is 18.5 Å². The number of carbonyl (C=O) groups is 1.